The lowest BCUT2D eigenvalue weighted by Crippen LogP contribution is -2.45. The molecule has 2 saturated heterocycles. The average Bonchev–Trinajstić information content (AvgIpc) is 2.97. The third-order valence-electron chi connectivity index (χ3n) is 3.91. The summed E-state index contributed by atoms with van der Waals surface area (Å²) in [5, 5.41) is 0. The third kappa shape index (κ3) is 3.01. The number of aromatic nitrogens is 1. The number of carbonyl (C=O) groups excluding carboxylic acids is 1. The number of piperidine rings is 1. The van der Waals surface area contributed by atoms with Crippen LogP contribution in [0.1, 0.15) is 30.1 Å². The zero-order chi connectivity index (χ0) is 14.7. The van der Waals surface area contributed by atoms with Crippen molar-refractivity contribution in [1.29, 1.82) is 0 Å². The maximum absolute atomic E-state index is 12.7. The van der Waals surface area contributed by atoms with Gasteiger partial charge < -0.3 is 14.4 Å². The molecule has 0 aliphatic carbocycles. The molecule has 0 saturated carbocycles. The van der Waals surface area contributed by atoms with Crippen molar-refractivity contribution in [3.63, 3.8) is 0 Å². The van der Waals surface area contributed by atoms with Crippen LogP contribution in [0.15, 0.2) is 18.3 Å². The second-order valence-electron chi connectivity index (χ2n) is 5.19. The zero-order valence-corrected chi connectivity index (χ0v) is 13.0. The smallest absolute Gasteiger partial charge is 0.259 e. The van der Waals surface area contributed by atoms with Crippen LogP contribution in [0, 0.1) is 0 Å². The summed E-state index contributed by atoms with van der Waals surface area (Å²) in [6.45, 7) is 4.68. The number of carbonyl (C=O) groups is 1. The van der Waals surface area contributed by atoms with Gasteiger partial charge >= 0.3 is 0 Å². The lowest BCUT2D eigenvalue weighted by Gasteiger charge is -2.37. The van der Waals surface area contributed by atoms with Gasteiger partial charge in [0.15, 0.2) is 0 Å². The highest BCUT2D eigenvalue weighted by Crippen LogP contribution is 2.41. The fourth-order valence-corrected chi connectivity index (χ4v) is 3.99. The Morgan fingerprint density at radius 2 is 2.33 bits per heavy atom. The first kappa shape index (κ1) is 14.7. The molecule has 3 heterocycles. The molecule has 2 aliphatic rings. The molecule has 1 spiro atoms. The SMILES string of the molecule is CCOc1ncccc1C(=O)N1CCC2(CC1)OCCS2. The maximum atomic E-state index is 12.7. The number of pyridine rings is 1. The van der Waals surface area contributed by atoms with E-state index in [4.69, 9.17) is 9.47 Å². The number of ether oxygens (including phenoxy) is 2. The molecule has 0 N–H and O–H groups in total. The maximum Gasteiger partial charge on any atom is 0.259 e. The lowest BCUT2D eigenvalue weighted by atomic mass is 10.1. The van der Waals surface area contributed by atoms with Gasteiger partial charge in [-0.3, -0.25) is 4.79 Å². The van der Waals surface area contributed by atoms with Gasteiger partial charge in [-0.05, 0) is 19.1 Å². The molecule has 1 aromatic rings. The van der Waals surface area contributed by atoms with Gasteiger partial charge in [0.2, 0.25) is 5.88 Å². The summed E-state index contributed by atoms with van der Waals surface area (Å²) in [5.74, 6) is 1.49. The molecule has 1 aromatic heterocycles. The van der Waals surface area contributed by atoms with Gasteiger partial charge in [0.1, 0.15) is 10.5 Å². The van der Waals surface area contributed by atoms with Crippen LogP contribution in [0.5, 0.6) is 5.88 Å². The second kappa shape index (κ2) is 6.23. The molecule has 114 valence electrons. The number of thioether (sulfide) groups is 1. The van der Waals surface area contributed by atoms with Crippen molar-refractivity contribution in [3.05, 3.63) is 23.9 Å². The minimum atomic E-state index is -0.0472. The fourth-order valence-electron chi connectivity index (χ4n) is 2.81. The molecular formula is C15H20N2O3S. The van der Waals surface area contributed by atoms with Gasteiger partial charge in [0, 0.05) is 37.9 Å². The molecule has 0 atom stereocenters. The number of amides is 1. The highest BCUT2D eigenvalue weighted by Gasteiger charge is 2.40. The summed E-state index contributed by atoms with van der Waals surface area (Å²) in [6, 6.07) is 3.56. The Kier molecular flexibility index (Phi) is 4.35. The molecule has 0 aromatic carbocycles. The van der Waals surface area contributed by atoms with Crippen LogP contribution in [0.3, 0.4) is 0 Å². The molecule has 1 amide bonds. The Balaban J connectivity index is 1.69. The van der Waals surface area contributed by atoms with Crippen LogP contribution < -0.4 is 4.74 Å². The number of likely N-dealkylation sites (tertiary alicyclic amines) is 1. The predicted octanol–water partition coefficient (Wildman–Crippen LogP) is 2.18. The van der Waals surface area contributed by atoms with Crippen molar-refractivity contribution in [2.24, 2.45) is 0 Å². The largest absolute Gasteiger partial charge is 0.477 e. The molecule has 21 heavy (non-hydrogen) atoms. The molecule has 2 aliphatic heterocycles. The van der Waals surface area contributed by atoms with Crippen LogP contribution in [-0.4, -0.2) is 52.8 Å². The first-order chi connectivity index (χ1) is 10.2. The summed E-state index contributed by atoms with van der Waals surface area (Å²) in [6.07, 6.45) is 3.44. The fraction of sp³-hybridized carbons (Fsp3) is 0.600. The minimum absolute atomic E-state index is 0.00407. The molecule has 2 fully saturated rings. The Bertz CT molecular complexity index is 507. The van der Waals surface area contributed by atoms with Crippen molar-refractivity contribution in [2.75, 3.05) is 32.1 Å². The van der Waals surface area contributed by atoms with E-state index in [1.807, 2.05) is 23.6 Å². The molecule has 5 nitrogen and oxygen atoms in total. The summed E-state index contributed by atoms with van der Waals surface area (Å²) in [5.41, 5.74) is 0.551. The molecular weight excluding hydrogens is 288 g/mol. The van der Waals surface area contributed by atoms with Crippen molar-refractivity contribution < 1.29 is 14.3 Å². The van der Waals surface area contributed by atoms with Gasteiger partial charge in [-0.1, -0.05) is 0 Å². The summed E-state index contributed by atoms with van der Waals surface area (Å²) in [4.78, 5) is 18.6. The second-order valence-corrected chi connectivity index (χ2v) is 6.63. The normalized spacial score (nSPS) is 20.7. The van der Waals surface area contributed by atoms with Crippen LogP contribution in [0.25, 0.3) is 0 Å². The Morgan fingerprint density at radius 3 is 3.00 bits per heavy atom. The molecule has 6 heteroatoms. The van der Waals surface area contributed by atoms with Crippen LogP contribution in [-0.2, 0) is 4.74 Å². The average molecular weight is 308 g/mol. The van der Waals surface area contributed by atoms with Gasteiger partial charge in [0.25, 0.3) is 5.91 Å². The first-order valence-electron chi connectivity index (χ1n) is 7.39. The Labute approximate surface area is 129 Å². The third-order valence-corrected chi connectivity index (χ3v) is 5.33. The topological polar surface area (TPSA) is 51.7 Å². The van der Waals surface area contributed by atoms with Gasteiger partial charge in [-0.15, -0.1) is 11.8 Å². The van der Waals surface area contributed by atoms with E-state index in [2.05, 4.69) is 4.98 Å². The van der Waals surface area contributed by atoms with Gasteiger partial charge in [-0.25, -0.2) is 4.98 Å². The van der Waals surface area contributed by atoms with Crippen LogP contribution in [0.4, 0.5) is 0 Å². The molecule has 0 radical (unpaired) electrons. The number of hydrogen-bond donors (Lipinski definition) is 0. The van der Waals surface area contributed by atoms with Gasteiger partial charge in [-0.2, -0.15) is 0 Å². The molecule has 3 rings (SSSR count). The quantitative estimate of drug-likeness (QED) is 0.856. The highest BCUT2D eigenvalue weighted by atomic mass is 32.2. The minimum Gasteiger partial charge on any atom is -0.477 e. The van der Waals surface area contributed by atoms with E-state index in [1.54, 1.807) is 18.3 Å². The predicted molar refractivity (Wildman–Crippen MR) is 81.7 cm³/mol. The van der Waals surface area contributed by atoms with E-state index in [1.165, 1.54) is 0 Å². The number of rotatable bonds is 3. The Hall–Kier alpha value is -1.27. The lowest BCUT2D eigenvalue weighted by molar-refractivity contribution is 0.00343. The highest BCUT2D eigenvalue weighted by molar-refractivity contribution is 8.00. The van der Waals surface area contributed by atoms with Crippen molar-refractivity contribution in [2.45, 2.75) is 24.7 Å². The molecule has 0 bridgehead atoms. The van der Waals surface area contributed by atoms with Crippen LogP contribution >= 0.6 is 11.8 Å². The standard InChI is InChI=1S/C15H20N2O3S/c1-2-19-13-12(4-3-7-16-13)14(18)17-8-5-15(6-9-17)20-10-11-21-15/h3-4,7H,2,5-6,8-11H2,1H3. The zero-order valence-electron chi connectivity index (χ0n) is 12.2. The van der Waals surface area contributed by atoms with Crippen molar-refractivity contribution >= 4 is 17.7 Å². The van der Waals surface area contributed by atoms with E-state index in [0.29, 0.717) is 18.1 Å². The van der Waals surface area contributed by atoms with Crippen molar-refractivity contribution in [3.8, 4) is 5.88 Å². The number of hydrogen-bond acceptors (Lipinski definition) is 5. The van der Waals surface area contributed by atoms with E-state index in [-0.39, 0.29) is 10.8 Å². The van der Waals surface area contributed by atoms with E-state index in [0.717, 1.165) is 38.3 Å². The van der Waals surface area contributed by atoms with Crippen LogP contribution in [0.2, 0.25) is 0 Å². The Morgan fingerprint density at radius 1 is 1.52 bits per heavy atom. The van der Waals surface area contributed by atoms with E-state index >= 15 is 0 Å². The molecule has 0 unspecified atom stereocenters. The van der Waals surface area contributed by atoms with Crippen molar-refractivity contribution in [1.82, 2.24) is 9.88 Å². The van der Waals surface area contributed by atoms with E-state index in [9.17, 15) is 4.79 Å². The summed E-state index contributed by atoms with van der Waals surface area (Å²) < 4.78 is 11.3. The first-order valence-corrected chi connectivity index (χ1v) is 8.38. The van der Waals surface area contributed by atoms with E-state index < -0.39 is 0 Å². The number of nitrogens with zero attached hydrogens (tertiary/aromatic N) is 2. The summed E-state index contributed by atoms with van der Waals surface area (Å²) in [7, 11) is 0. The summed E-state index contributed by atoms with van der Waals surface area (Å²) >= 11 is 1.89. The monoisotopic (exact) mass is 308 g/mol. The van der Waals surface area contributed by atoms with Gasteiger partial charge in [0.05, 0.1) is 13.2 Å².